The fourth-order valence-corrected chi connectivity index (χ4v) is 2.70. The maximum Gasteiger partial charge on any atom is 0.224 e. The Bertz CT molecular complexity index is 762. The minimum Gasteiger partial charge on any atom is -0.497 e. The molecule has 0 aromatic heterocycles. The van der Waals surface area contributed by atoms with Crippen LogP contribution in [0.5, 0.6) is 5.75 Å². The number of carbonyl (C=O) groups excluding carboxylic acids is 2. The van der Waals surface area contributed by atoms with Gasteiger partial charge >= 0.3 is 0 Å². The molecule has 5 nitrogen and oxygen atoms in total. The normalized spacial score (nSPS) is 10.3. The highest BCUT2D eigenvalue weighted by atomic mass is 19.1. The third kappa shape index (κ3) is 6.73. The highest BCUT2D eigenvalue weighted by molar-refractivity contribution is 5.78. The van der Waals surface area contributed by atoms with Crippen molar-refractivity contribution in [2.24, 2.45) is 0 Å². The summed E-state index contributed by atoms with van der Waals surface area (Å²) in [5, 5.41) is 2.82. The molecule has 6 heteroatoms. The van der Waals surface area contributed by atoms with E-state index in [0.29, 0.717) is 31.6 Å². The monoisotopic (exact) mass is 372 g/mol. The Morgan fingerprint density at radius 2 is 1.78 bits per heavy atom. The molecule has 27 heavy (non-hydrogen) atoms. The Kier molecular flexibility index (Phi) is 7.79. The fraction of sp³-hybridized carbons (Fsp3) is 0.333. The summed E-state index contributed by atoms with van der Waals surface area (Å²) in [6.45, 7) is 2.62. The summed E-state index contributed by atoms with van der Waals surface area (Å²) in [6.07, 6.45) is 0.700. The van der Waals surface area contributed by atoms with Crippen LogP contribution in [-0.2, 0) is 22.4 Å². The van der Waals surface area contributed by atoms with Crippen molar-refractivity contribution in [3.63, 3.8) is 0 Å². The molecule has 0 aliphatic heterocycles. The lowest BCUT2D eigenvalue weighted by Crippen LogP contribution is -2.39. The van der Waals surface area contributed by atoms with Crippen LogP contribution in [0.15, 0.2) is 48.5 Å². The quantitative estimate of drug-likeness (QED) is 0.736. The van der Waals surface area contributed by atoms with Gasteiger partial charge in [0.1, 0.15) is 11.6 Å². The van der Waals surface area contributed by atoms with Gasteiger partial charge in [0.2, 0.25) is 11.8 Å². The Morgan fingerprint density at radius 1 is 1.07 bits per heavy atom. The number of nitrogens with zero attached hydrogens (tertiary/aromatic N) is 1. The number of amides is 2. The van der Waals surface area contributed by atoms with Crippen LogP contribution in [0.1, 0.15) is 18.1 Å². The highest BCUT2D eigenvalue weighted by Crippen LogP contribution is 2.11. The van der Waals surface area contributed by atoms with E-state index in [1.54, 1.807) is 30.2 Å². The number of hydrogen-bond donors (Lipinski definition) is 1. The molecule has 0 spiro atoms. The third-order valence-electron chi connectivity index (χ3n) is 4.28. The zero-order chi connectivity index (χ0) is 19.6. The first kappa shape index (κ1) is 20.4. The maximum absolute atomic E-state index is 13.7. The van der Waals surface area contributed by atoms with E-state index in [4.69, 9.17) is 4.74 Å². The van der Waals surface area contributed by atoms with Gasteiger partial charge < -0.3 is 15.0 Å². The molecular formula is C21H25FN2O3. The summed E-state index contributed by atoms with van der Waals surface area (Å²) < 4.78 is 18.8. The van der Waals surface area contributed by atoms with Crippen LogP contribution in [0.25, 0.3) is 0 Å². The van der Waals surface area contributed by atoms with Gasteiger partial charge in [0.15, 0.2) is 0 Å². The molecule has 0 saturated heterocycles. The molecule has 0 unspecified atom stereocenters. The van der Waals surface area contributed by atoms with Gasteiger partial charge in [-0.25, -0.2) is 4.39 Å². The van der Waals surface area contributed by atoms with Crippen LogP contribution in [0, 0.1) is 5.82 Å². The molecular weight excluding hydrogens is 347 g/mol. The number of nitrogens with one attached hydrogen (secondary N) is 1. The SMILES string of the molecule is COc1ccc(CC(=O)NCCN(CCc2ccccc2F)C(C)=O)cc1. The first-order chi connectivity index (χ1) is 13.0. The number of rotatable bonds is 9. The Hall–Kier alpha value is -2.89. The molecule has 0 aliphatic rings. The summed E-state index contributed by atoms with van der Waals surface area (Å²) in [5.41, 5.74) is 1.46. The lowest BCUT2D eigenvalue weighted by atomic mass is 10.1. The van der Waals surface area contributed by atoms with E-state index in [1.165, 1.54) is 13.0 Å². The summed E-state index contributed by atoms with van der Waals surface area (Å²) in [5.74, 6) is 0.258. The molecule has 0 atom stereocenters. The molecule has 2 aromatic rings. The summed E-state index contributed by atoms with van der Waals surface area (Å²) in [7, 11) is 1.59. The molecule has 0 bridgehead atoms. The van der Waals surface area contributed by atoms with E-state index in [1.807, 2.05) is 24.3 Å². The van der Waals surface area contributed by atoms with Crippen molar-refractivity contribution >= 4 is 11.8 Å². The van der Waals surface area contributed by atoms with Gasteiger partial charge in [-0.3, -0.25) is 9.59 Å². The molecule has 2 amide bonds. The average Bonchev–Trinajstić information content (AvgIpc) is 2.66. The van der Waals surface area contributed by atoms with Crippen LogP contribution in [0.2, 0.25) is 0 Å². The Labute approximate surface area is 159 Å². The second-order valence-electron chi connectivity index (χ2n) is 6.22. The topological polar surface area (TPSA) is 58.6 Å². The van der Waals surface area contributed by atoms with E-state index in [2.05, 4.69) is 5.32 Å². The lowest BCUT2D eigenvalue weighted by Gasteiger charge is -2.21. The Morgan fingerprint density at radius 3 is 2.41 bits per heavy atom. The van der Waals surface area contributed by atoms with Gasteiger partial charge in [-0.2, -0.15) is 0 Å². The van der Waals surface area contributed by atoms with Gasteiger partial charge in [0.25, 0.3) is 0 Å². The van der Waals surface area contributed by atoms with Crippen molar-refractivity contribution in [2.45, 2.75) is 19.8 Å². The first-order valence-electron chi connectivity index (χ1n) is 8.88. The maximum atomic E-state index is 13.7. The predicted molar refractivity (Wildman–Crippen MR) is 102 cm³/mol. The number of benzene rings is 2. The highest BCUT2D eigenvalue weighted by Gasteiger charge is 2.11. The summed E-state index contributed by atoms with van der Waals surface area (Å²) >= 11 is 0. The van der Waals surface area contributed by atoms with Crippen LogP contribution >= 0.6 is 0 Å². The van der Waals surface area contributed by atoms with Crippen molar-refractivity contribution in [3.8, 4) is 5.75 Å². The van der Waals surface area contributed by atoms with Gasteiger partial charge in [-0.05, 0) is 35.7 Å². The number of hydrogen-bond acceptors (Lipinski definition) is 3. The van der Waals surface area contributed by atoms with Crippen molar-refractivity contribution < 1.29 is 18.7 Å². The van der Waals surface area contributed by atoms with Crippen LogP contribution in [0.4, 0.5) is 4.39 Å². The van der Waals surface area contributed by atoms with Gasteiger partial charge in [-0.1, -0.05) is 30.3 Å². The van der Waals surface area contributed by atoms with Crippen LogP contribution in [-0.4, -0.2) is 43.5 Å². The minimum absolute atomic E-state index is 0.101. The molecule has 2 aromatic carbocycles. The Balaban J connectivity index is 1.77. The second-order valence-corrected chi connectivity index (χ2v) is 6.22. The van der Waals surface area contributed by atoms with E-state index in [9.17, 15) is 14.0 Å². The lowest BCUT2D eigenvalue weighted by molar-refractivity contribution is -0.129. The standard InChI is InChI=1S/C21H25FN2O3/c1-16(25)24(13-11-18-5-3-4-6-20(18)22)14-12-23-21(26)15-17-7-9-19(27-2)10-8-17/h3-10H,11-15H2,1-2H3,(H,23,26). The van der Waals surface area contributed by atoms with Crippen LogP contribution in [0.3, 0.4) is 0 Å². The first-order valence-corrected chi connectivity index (χ1v) is 8.88. The largest absolute Gasteiger partial charge is 0.497 e. The van der Waals surface area contributed by atoms with Crippen molar-refractivity contribution in [3.05, 3.63) is 65.5 Å². The molecule has 144 valence electrons. The molecule has 0 radical (unpaired) electrons. The van der Waals surface area contributed by atoms with Gasteiger partial charge in [-0.15, -0.1) is 0 Å². The van der Waals surface area contributed by atoms with Crippen molar-refractivity contribution in [1.82, 2.24) is 10.2 Å². The summed E-state index contributed by atoms with van der Waals surface area (Å²) in [6, 6.07) is 13.8. The van der Waals surface area contributed by atoms with E-state index < -0.39 is 0 Å². The van der Waals surface area contributed by atoms with Crippen molar-refractivity contribution in [2.75, 3.05) is 26.7 Å². The number of halogens is 1. The van der Waals surface area contributed by atoms with E-state index >= 15 is 0 Å². The zero-order valence-corrected chi connectivity index (χ0v) is 15.7. The van der Waals surface area contributed by atoms with Gasteiger partial charge in [0.05, 0.1) is 13.5 Å². The molecule has 0 saturated carbocycles. The fourth-order valence-electron chi connectivity index (χ4n) is 2.70. The number of ether oxygens (including phenoxy) is 1. The number of methoxy groups -OCH3 is 1. The molecule has 0 aliphatic carbocycles. The van der Waals surface area contributed by atoms with Crippen molar-refractivity contribution in [1.29, 1.82) is 0 Å². The van der Waals surface area contributed by atoms with Gasteiger partial charge in [0, 0.05) is 26.6 Å². The second kappa shape index (κ2) is 10.3. The van der Waals surface area contributed by atoms with E-state index in [-0.39, 0.29) is 24.1 Å². The molecule has 0 fully saturated rings. The minimum atomic E-state index is -0.270. The zero-order valence-electron chi connectivity index (χ0n) is 15.7. The number of carbonyl (C=O) groups is 2. The average molecular weight is 372 g/mol. The summed E-state index contributed by atoms with van der Waals surface area (Å²) in [4.78, 5) is 25.4. The third-order valence-corrected chi connectivity index (χ3v) is 4.28. The van der Waals surface area contributed by atoms with E-state index in [0.717, 1.165) is 11.3 Å². The molecule has 2 rings (SSSR count). The molecule has 1 N–H and O–H groups in total. The molecule has 0 heterocycles. The van der Waals surface area contributed by atoms with Crippen LogP contribution < -0.4 is 10.1 Å². The predicted octanol–water partition coefficient (Wildman–Crippen LogP) is 2.58. The smallest absolute Gasteiger partial charge is 0.224 e.